The average Bonchev–Trinajstić information content (AvgIpc) is 2.37. The molecule has 0 N–H and O–H groups in total. The predicted molar refractivity (Wildman–Crippen MR) is 65.1 cm³/mol. The molecule has 1 aromatic heterocycles. The van der Waals surface area contributed by atoms with E-state index < -0.39 is 0 Å². The number of benzene rings is 1. The first-order valence-corrected chi connectivity index (χ1v) is 5.38. The van der Waals surface area contributed by atoms with Gasteiger partial charge in [0.2, 0.25) is 5.88 Å². The maximum atomic E-state index is 10.5. The van der Waals surface area contributed by atoms with Crippen LogP contribution in [0.3, 0.4) is 0 Å². The lowest BCUT2D eigenvalue weighted by atomic mass is 10.2. The van der Waals surface area contributed by atoms with E-state index in [1.54, 1.807) is 12.1 Å². The van der Waals surface area contributed by atoms with Gasteiger partial charge < -0.3 is 4.74 Å². The molecule has 17 heavy (non-hydrogen) atoms. The van der Waals surface area contributed by atoms with Crippen molar-refractivity contribution in [1.82, 2.24) is 4.98 Å². The summed E-state index contributed by atoms with van der Waals surface area (Å²) in [5, 5.41) is 0. The van der Waals surface area contributed by atoms with Crippen molar-refractivity contribution >= 4 is 6.29 Å². The summed E-state index contributed by atoms with van der Waals surface area (Å²) in [6, 6.07) is 13.0. The normalized spacial score (nSPS) is 9.94. The van der Waals surface area contributed by atoms with Gasteiger partial charge in [0.25, 0.3) is 0 Å². The Morgan fingerprint density at radius 3 is 2.59 bits per heavy atom. The van der Waals surface area contributed by atoms with Crippen LogP contribution < -0.4 is 4.74 Å². The Kier molecular flexibility index (Phi) is 3.50. The molecule has 3 nitrogen and oxygen atoms in total. The van der Waals surface area contributed by atoms with Crippen LogP contribution in [0.1, 0.15) is 21.6 Å². The van der Waals surface area contributed by atoms with E-state index in [4.69, 9.17) is 4.74 Å². The number of carbonyl (C=O) groups is 1. The van der Waals surface area contributed by atoms with E-state index in [1.807, 2.05) is 37.3 Å². The van der Waals surface area contributed by atoms with Gasteiger partial charge in [0.15, 0.2) is 0 Å². The van der Waals surface area contributed by atoms with E-state index in [-0.39, 0.29) is 0 Å². The van der Waals surface area contributed by atoms with Crippen molar-refractivity contribution in [2.24, 2.45) is 0 Å². The Hall–Kier alpha value is -2.16. The maximum Gasteiger partial charge on any atom is 0.213 e. The number of aromatic nitrogens is 1. The number of rotatable bonds is 4. The predicted octanol–water partition coefficient (Wildman–Crippen LogP) is 2.78. The fourth-order valence-electron chi connectivity index (χ4n) is 1.45. The van der Waals surface area contributed by atoms with Crippen molar-refractivity contribution in [2.45, 2.75) is 13.5 Å². The highest BCUT2D eigenvalue weighted by atomic mass is 16.5. The third-order valence-electron chi connectivity index (χ3n) is 2.37. The van der Waals surface area contributed by atoms with Crippen LogP contribution in [-0.4, -0.2) is 11.3 Å². The summed E-state index contributed by atoms with van der Waals surface area (Å²) in [5.74, 6) is 0.615. The molecule has 0 fully saturated rings. The second-order valence-corrected chi connectivity index (χ2v) is 3.77. The monoisotopic (exact) mass is 227 g/mol. The number of hydrogen-bond donors (Lipinski definition) is 0. The number of pyridine rings is 1. The van der Waals surface area contributed by atoms with Crippen molar-refractivity contribution < 1.29 is 9.53 Å². The number of aryl methyl sites for hydroxylation is 1. The van der Waals surface area contributed by atoms with Crippen molar-refractivity contribution in [3.8, 4) is 5.88 Å². The van der Waals surface area contributed by atoms with Gasteiger partial charge in [-0.1, -0.05) is 30.3 Å². The highest BCUT2D eigenvalue weighted by Crippen LogP contribution is 2.10. The molecule has 0 saturated heterocycles. The van der Waals surface area contributed by atoms with E-state index in [1.165, 1.54) is 0 Å². The number of aldehydes is 1. The largest absolute Gasteiger partial charge is 0.473 e. The summed E-state index contributed by atoms with van der Waals surface area (Å²) >= 11 is 0. The van der Waals surface area contributed by atoms with E-state index in [9.17, 15) is 4.79 Å². The third-order valence-corrected chi connectivity index (χ3v) is 2.37. The molecular formula is C14H13NO2. The molecule has 86 valence electrons. The van der Waals surface area contributed by atoms with Gasteiger partial charge in [0.1, 0.15) is 12.9 Å². The van der Waals surface area contributed by atoms with Gasteiger partial charge >= 0.3 is 0 Å². The van der Waals surface area contributed by atoms with Crippen LogP contribution in [0.15, 0.2) is 42.5 Å². The molecule has 0 bridgehead atoms. The maximum absolute atomic E-state index is 10.5. The zero-order valence-electron chi connectivity index (χ0n) is 9.59. The molecule has 0 aliphatic rings. The summed E-state index contributed by atoms with van der Waals surface area (Å²) in [6.07, 6.45) is 0.826. The van der Waals surface area contributed by atoms with Crippen molar-refractivity contribution in [3.05, 3.63) is 59.3 Å². The Labute approximate surface area is 100 Å². The first kappa shape index (κ1) is 11.3. The summed E-state index contributed by atoms with van der Waals surface area (Å²) in [5.41, 5.74) is 2.61. The van der Waals surface area contributed by atoms with Gasteiger partial charge in [-0.25, -0.2) is 4.98 Å². The summed E-state index contributed by atoms with van der Waals surface area (Å²) in [7, 11) is 0. The Morgan fingerprint density at radius 2 is 1.94 bits per heavy atom. The molecule has 0 amide bonds. The molecule has 0 radical (unpaired) electrons. The van der Waals surface area contributed by atoms with Crippen LogP contribution in [0.5, 0.6) is 5.88 Å². The summed E-state index contributed by atoms with van der Waals surface area (Å²) < 4.78 is 5.55. The average molecular weight is 227 g/mol. The molecule has 3 heteroatoms. The molecule has 2 aromatic rings. The SMILES string of the molecule is Cc1cccc(OCc2ccc(C=O)cc2)n1. The fourth-order valence-corrected chi connectivity index (χ4v) is 1.45. The molecule has 0 atom stereocenters. The summed E-state index contributed by atoms with van der Waals surface area (Å²) in [4.78, 5) is 14.7. The zero-order chi connectivity index (χ0) is 12.1. The van der Waals surface area contributed by atoms with Crippen LogP contribution in [0.4, 0.5) is 0 Å². The van der Waals surface area contributed by atoms with Gasteiger partial charge in [-0.3, -0.25) is 4.79 Å². The van der Waals surface area contributed by atoms with Gasteiger partial charge in [-0.05, 0) is 18.6 Å². The number of ether oxygens (including phenoxy) is 1. The van der Waals surface area contributed by atoms with Crippen LogP contribution in [-0.2, 0) is 6.61 Å². The molecule has 2 rings (SSSR count). The van der Waals surface area contributed by atoms with E-state index in [0.717, 1.165) is 17.5 Å². The Bertz CT molecular complexity index is 506. The van der Waals surface area contributed by atoms with Crippen LogP contribution in [0.25, 0.3) is 0 Å². The number of carbonyl (C=O) groups excluding carboxylic acids is 1. The number of nitrogens with zero attached hydrogens (tertiary/aromatic N) is 1. The minimum atomic E-state index is 0.454. The molecule has 1 heterocycles. The first-order valence-electron chi connectivity index (χ1n) is 5.38. The van der Waals surface area contributed by atoms with E-state index in [0.29, 0.717) is 18.1 Å². The highest BCUT2D eigenvalue weighted by molar-refractivity contribution is 5.74. The quantitative estimate of drug-likeness (QED) is 0.754. The molecule has 0 spiro atoms. The molecular weight excluding hydrogens is 214 g/mol. The lowest BCUT2D eigenvalue weighted by Crippen LogP contribution is -1.97. The molecule has 1 aromatic carbocycles. The molecule has 0 saturated carbocycles. The van der Waals surface area contributed by atoms with Crippen LogP contribution >= 0.6 is 0 Å². The van der Waals surface area contributed by atoms with Crippen molar-refractivity contribution in [1.29, 1.82) is 0 Å². The Balaban J connectivity index is 1.99. The van der Waals surface area contributed by atoms with Gasteiger partial charge in [0.05, 0.1) is 0 Å². The van der Waals surface area contributed by atoms with Crippen LogP contribution in [0, 0.1) is 6.92 Å². The molecule has 0 aliphatic heterocycles. The van der Waals surface area contributed by atoms with Gasteiger partial charge in [-0.2, -0.15) is 0 Å². The minimum Gasteiger partial charge on any atom is -0.473 e. The topological polar surface area (TPSA) is 39.2 Å². The van der Waals surface area contributed by atoms with Gasteiger partial charge in [-0.15, -0.1) is 0 Å². The fraction of sp³-hybridized carbons (Fsp3) is 0.143. The van der Waals surface area contributed by atoms with E-state index in [2.05, 4.69) is 4.98 Å². The third kappa shape index (κ3) is 3.14. The van der Waals surface area contributed by atoms with Crippen molar-refractivity contribution in [3.63, 3.8) is 0 Å². The highest BCUT2D eigenvalue weighted by Gasteiger charge is 1.97. The van der Waals surface area contributed by atoms with Crippen LogP contribution in [0.2, 0.25) is 0 Å². The first-order chi connectivity index (χ1) is 8.28. The molecule has 0 aliphatic carbocycles. The lowest BCUT2D eigenvalue weighted by Gasteiger charge is -2.05. The van der Waals surface area contributed by atoms with Gasteiger partial charge in [0, 0.05) is 17.3 Å². The second kappa shape index (κ2) is 5.25. The minimum absolute atomic E-state index is 0.454. The van der Waals surface area contributed by atoms with E-state index >= 15 is 0 Å². The number of hydrogen-bond acceptors (Lipinski definition) is 3. The standard InChI is InChI=1S/C14H13NO2/c1-11-3-2-4-14(15-11)17-10-13-7-5-12(9-16)6-8-13/h2-9H,10H2,1H3. The second-order valence-electron chi connectivity index (χ2n) is 3.77. The lowest BCUT2D eigenvalue weighted by molar-refractivity contribution is 0.112. The smallest absolute Gasteiger partial charge is 0.213 e. The molecule has 0 unspecified atom stereocenters. The van der Waals surface area contributed by atoms with Crippen molar-refractivity contribution in [2.75, 3.05) is 0 Å². The zero-order valence-corrected chi connectivity index (χ0v) is 9.59. The Morgan fingerprint density at radius 1 is 1.18 bits per heavy atom. The summed E-state index contributed by atoms with van der Waals surface area (Å²) in [6.45, 7) is 2.38.